The maximum Gasteiger partial charge on any atom is 0.313 e. The number of rotatable bonds is 5. The van der Waals surface area contributed by atoms with Gasteiger partial charge in [0.15, 0.2) is 0 Å². The van der Waals surface area contributed by atoms with Crippen LogP contribution in [0.25, 0.3) is 0 Å². The zero-order valence-electron chi connectivity index (χ0n) is 11.6. The number of carboxylic acids is 1. The molecule has 7 heteroatoms. The molecule has 1 aromatic carbocycles. The number of carbonyl (C=O) groups is 2. The van der Waals surface area contributed by atoms with E-state index in [4.69, 9.17) is 5.11 Å². The first-order chi connectivity index (χ1) is 10.1. The van der Waals surface area contributed by atoms with Crippen molar-refractivity contribution in [2.75, 3.05) is 42.6 Å². The lowest BCUT2D eigenvalue weighted by molar-refractivity contribution is -0.133. The molecule has 114 valence electrons. The van der Waals surface area contributed by atoms with Crippen LogP contribution in [0.2, 0.25) is 0 Å². The number of piperazine rings is 1. The number of hydrogen-bond acceptors (Lipinski definition) is 5. The number of thioether (sulfide) groups is 1. The van der Waals surface area contributed by atoms with Crippen LogP contribution in [0.1, 0.15) is 0 Å². The molecule has 2 rings (SSSR count). The van der Waals surface area contributed by atoms with Crippen molar-refractivity contribution in [1.82, 2.24) is 4.90 Å². The van der Waals surface area contributed by atoms with Gasteiger partial charge in [0.1, 0.15) is 5.75 Å². The van der Waals surface area contributed by atoms with Crippen LogP contribution in [0.15, 0.2) is 24.3 Å². The molecule has 1 aliphatic rings. The second kappa shape index (κ2) is 7.21. The van der Waals surface area contributed by atoms with Crippen molar-refractivity contribution in [2.45, 2.75) is 0 Å². The van der Waals surface area contributed by atoms with Crippen molar-refractivity contribution in [3.8, 4) is 5.75 Å². The first-order valence-electron chi connectivity index (χ1n) is 6.68. The highest BCUT2D eigenvalue weighted by molar-refractivity contribution is 8.00. The molecule has 1 aliphatic heterocycles. The summed E-state index contributed by atoms with van der Waals surface area (Å²) >= 11 is 1.12. The molecule has 1 amide bonds. The molecule has 21 heavy (non-hydrogen) atoms. The van der Waals surface area contributed by atoms with E-state index in [1.807, 2.05) is 17.0 Å². The van der Waals surface area contributed by atoms with Gasteiger partial charge in [-0.2, -0.15) is 0 Å². The molecule has 2 N–H and O–H groups in total. The minimum absolute atomic E-state index is 0.0295. The molecule has 6 nitrogen and oxygen atoms in total. The average Bonchev–Trinajstić information content (AvgIpc) is 2.47. The van der Waals surface area contributed by atoms with Gasteiger partial charge in [0.2, 0.25) is 5.91 Å². The Balaban J connectivity index is 1.82. The molecule has 1 fully saturated rings. The smallest absolute Gasteiger partial charge is 0.313 e. The Morgan fingerprint density at radius 2 is 1.76 bits per heavy atom. The van der Waals surface area contributed by atoms with Gasteiger partial charge in [-0.25, -0.2) is 0 Å². The number of benzene rings is 1. The molecule has 0 unspecified atom stereocenters. The number of anilines is 1. The van der Waals surface area contributed by atoms with Crippen molar-refractivity contribution in [3.05, 3.63) is 24.3 Å². The second-order valence-corrected chi connectivity index (χ2v) is 5.73. The molecule has 0 aromatic heterocycles. The van der Waals surface area contributed by atoms with Crippen molar-refractivity contribution in [3.63, 3.8) is 0 Å². The quantitative estimate of drug-likeness (QED) is 0.839. The van der Waals surface area contributed by atoms with Crippen LogP contribution in [-0.4, -0.2) is 64.7 Å². The fourth-order valence-corrected chi connectivity index (χ4v) is 2.88. The third-order valence-electron chi connectivity index (χ3n) is 3.31. The third-order valence-corrected chi connectivity index (χ3v) is 4.21. The summed E-state index contributed by atoms with van der Waals surface area (Å²) in [6.07, 6.45) is 0. The molecular formula is C14H18N2O4S. The SMILES string of the molecule is O=C(O)CSCC(=O)N1CCN(c2ccccc2O)CC1. The monoisotopic (exact) mass is 310 g/mol. The van der Waals surface area contributed by atoms with E-state index in [-0.39, 0.29) is 23.2 Å². The number of amides is 1. The van der Waals surface area contributed by atoms with Crippen molar-refractivity contribution in [2.24, 2.45) is 0 Å². The Bertz CT molecular complexity index is 515. The standard InChI is InChI=1S/C14H18N2O4S/c17-12-4-2-1-3-11(12)15-5-7-16(8-6-15)13(18)9-21-10-14(19)20/h1-4,17H,5-10H2,(H,19,20). The predicted molar refractivity (Wildman–Crippen MR) is 81.9 cm³/mol. The topological polar surface area (TPSA) is 81.1 Å². The predicted octanol–water partition coefficient (Wildman–Crippen LogP) is 0.859. The summed E-state index contributed by atoms with van der Waals surface area (Å²) in [6.45, 7) is 2.49. The average molecular weight is 310 g/mol. The number of aliphatic carboxylic acids is 1. The van der Waals surface area contributed by atoms with Gasteiger partial charge in [0, 0.05) is 26.2 Å². The van der Waals surface area contributed by atoms with Crippen LogP contribution in [0, 0.1) is 0 Å². The lowest BCUT2D eigenvalue weighted by atomic mass is 10.2. The van der Waals surface area contributed by atoms with Crippen molar-refractivity contribution < 1.29 is 19.8 Å². The number of carbonyl (C=O) groups excluding carboxylic acids is 1. The van der Waals surface area contributed by atoms with Gasteiger partial charge < -0.3 is 20.0 Å². The lowest BCUT2D eigenvalue weighted by Gasteiger charge is -2.36. The first-order valence-corrected chi connectivity index (χ1v) is 7.83. The zero-order valence-corrected chi connectivity index (χ0v) is 12.4. The van der Waals surface area contributed by atoms with Gasteiger partial charge in [-0.15, -0.1) is 11.8 Å². The van der Waals surface area contributed by atoms with Crippen LogP contribution in [-0.2, 0) is 9.59 Å². The van der Waals surface area contributed by atoms with E-state index < -0.39 is 5.97 Å². The van der Waals surface area contributed by atoms with Gasteiger partial charge >= 0.3 is 5.97 Å². The minimum Gasteiger partial charge on any atom is -0.506 e. The normalized spacial score (nSPS) is 15.0. The van der Waals surface area contributed by atoms with E-state index in [0.717, 1.165) is 17.4 Å². The number of aromatic hydroxyl groups is 1. The van der Waals surface area contributed by atoms with Crippen molar-refractivity contribution in [1.29, 1.82) is 0 Å². The molecule has 0 spiro atoms. The van der Waals surface area contributed by atoms with Gasteiger partial charge in [0.05, 0.1) is 17.2 Å². The fraction of sp³-hybridized carbons (Fsp3) is 0.429. The van der Waals surface area contributed by atoms with Crippen LogP contribution in [0.5, 0.6) is 5.75 Å². The van der Waals surface area contributed by atoms with Crippen LogP contribution in [0.4, 0.5) is 5.69 Å². The summed E-state index contributed by atoms with van der Waals surface area (Å²) in [5.41, 5.74) is 0.782. The Hall–Kier alpha value is -1.89. The van der Waals surface area contributed by atoms with E-state index in [1.165, 1.54) is 0 Å². The molecule has 0 atom stereocenters. The summed E-state index contributed by atoms with van der Waals surface area (Å²) in [5.74, 6) is -0.545. The molecule has 0 saturated carbocycles. The van der Waals surface area contributed by atoms with Crippen molar-refractivity contribution >= 4 is 29.3 Å². The third kappa shape index (κ3) is 4.29. The number of nitrogens with zero attached hydrogens (tertiary/aromatic N) is 2. The van der Waals surface area contributed by atoms with Crippen LogP contribution >= 0.6 is 11.8 Å². The summed E-state index contributed by atoms with van der Waals surface area (Å²) in [4.78, 5) is 26.1. The Kier molecular flexibility index (Phi) is 5.32. The Morgan fingerprint density at radius 3 is 2.38 bits per heavy atom. The second-order valence-electron chi connectivity index (χ2n) is 4.74. The highest BCUT2D eigenvalue weighted by Gasteiger charge is 2.22. The molecular weight excluding hydrogens is 292 g/mol. The van der Waals surface area contributed by atoms with E-state index in [9.17, 15) is 14.7 Å². The maximum absolute atomic E-state index is 11.9. The zero-order chi connectivity index (χ0) is 15.2. The van der Waals surface area contributed by atoms with Crippen LogP contribution < -0.4 is 4.90 Å². The van der Waals surface area contributed by atoms with E-state index >= 15 is 0 Å². The Morgan fingerprint density at radius 1 is 1.10 bits per heavy atom. The van der Waals surface area contributed by atoms with Gasteiger partial charge in [-0.3, -0.25) is 9.59 Å². The number of carboxylic acid groups (broad SMARTS) is 1. The van der Waals surface area contributed by atoms with E-state index in [1.54, 1.807) is 17.0 Å². The molecule has 1 saturated heterocycles. The number of hydrogen-bond donors (Lipinski definition) is 2. The molecule has 1 aromatic rings. The highest BCUT2D eigenvalue weighted by Crippen LogP contribution is 2.27. The molecule has 0 aliphatic carbocycles. The summed E-state index contributed by atoms with van der Waals surface area (Å²) in [5, 5.41) is 18.4. The van der Waals surface area contributed by atoms with Gasteiger partial charge in [-0.05, 0) is 12.1 Å². The lowest BCUT2D eigenvalue weighted by Crippen LogP contribution is -2.49. The van der Waals surface area contributed by atoms with Gasteiger partial charge in [-0.1, -0.05) is 12.1 Å². The molecule has 1 heterocycles. The largest absolute Gasteiger partial charge is 0.506 e. The summed E-state index contributed by atoms with van der Waals surface area (Å²) < 4.78 is 0. The highest BCUT2D eigenvalue weighted by atomic mass is 32.2. The maximum atomic E-state index is 11.9. The summed E-state index contributed by atoms with van der Waals surface area (Å²) in [6, 6.07) is 7.15. The van der Waals surface area contributed by atoms with Gasteiger partial charge in [0.25, 0.3) is 0 Å². The molecule has 0 bridgehead atoms. The number of phenolic OH excluding ortho intramolecular Hbond substituents is 1. The summed E-state index contributed by atoms with van der Waals surface area (Å²) in [7, 11) is 0. The minimum atomic E-state index is -0.905. The number of phenols is 1. The number of para-hydroxylation sites is 2. The fourth-order valence-electron chi connectivity index (χ4n) is 2.25. The molecule has 0 radical (unpaired) electrons. The first kappa shape index (κ1) is 15.5. The van der Waals surface area contributed by atoms with E-state index in [0.29, 0.717) is 26.2 Å². The Labute approximate surface area is 127 Å². The van der Waals surface area contributed by atoms with Crippen LogP contribution in [0.3, 0.4) is 0 Å². The van der Waals surface area contributed by atoms with E-state index in [2.05, 4.69) is 0 Å².